The number of halogens is 4. The molecule has 5 heterocycles. The Kier molecular flexibility index (Phi) is 10.2. The first-order valence-electron chi connectivity index (χ1n) is 21.9. The summed E-state index contributed by atoms with van der Waals surface area (Å²) in [5.41, 5.74) is 4.57. The lowest BCUT2D eigenvalue weighted by molar-refractivity contribution is -0.123. The molecule has 6 aliphatic carbocycles. The molecule has 4 aromatic heterocycles. The van der Waals surface area contributed by atoms with Crippen LogP contribution in [0.25, 0.3) is 29.3 Å². The van der Waals surface area contributed by atoms with E-state index in [0.29, 0.717) is 10.0 Å². The van der Waals surface area contributed by atoms with Gasteiger partial charge in [0.25, 0.3) is 0 Å². The molecule has 8 unspecified atom stereocenters. The maximum atomic E-state index is 14.3. The van der Waals surface area contributed by atoms with E-state index in [2.05, 4.69) is 22.1 Å². The van der Waals surface area contributed by atoms with E-state index < -0.39 is 71.5 Å². The smallest absolute Gasteiger partial charge is 0.188 e. The Bertz CT molecular complexity index is 2350. The Labute approximate surface area is 367 Å². The Morgan fingerprint density at radius 2 is 0.820 bits per heavy atom. The van der Waals surface area contributed by atoms with Crippen LogP contribution in [-0.4, -0.2) is 59.2 Å². The fourth-order valence-corrected chi connectivity index (χ4v) is 16.7. The predicted molar refractivity (Wildman–Crippen MR) is 235 cm³/mol. The first-order chi connectivity index (χ1) is 29.5. The van der Waals surface area contributed by atoms with Crippen molar-refractivity contribution in [2.45, 2.75) is 133 Å². The highest BCUT2D eigenvalue weighted by atomic mass is 32.1. The van der Waals surface area contributed by atoms with Gasteiger partial charge < -0.3 is 0 Å². The van der Waals surface area contributed by atoms with Crippen molar-refractivity contribution in [3.63, 3.8) is 0 Å². The van der Waals surface area contributed by atoms with Gasteiger partial charge in [0.05, 0.1) is 0 Å². The molecule has 8 atom stereocenters. The number of ketones is 4. The number of hydrogen-bond acceptors (Lipinski definition) is 10. The molecule has 5 saturated carbocycles. The zero-order valence-electron chi connectivity index (χ0n) is 33.4. The average Bonchev–Trinajstić information content (AvgIpc) is 4.12. The van der Waals surface area contributed by atoms with Crippen molar-refractivity contribution in [1.82, 2.24) is 0 Å². The van der Waals surface area contributed by atoms with Crippen molar-refractivity contribution in [3.05, 3.63) is 46.5 Å². The minimum Gasteiger partial charge on any atom is -0.292 e. The summed E-state index contributed by atoms with van der Waals surface area (Å²) in [6, 6.07) is 8.80. The third-order valence-electron chi connectivity index (χ3n) is 14.7. The van der Waals surface area contributed by atoms with Crippen LogP contribution in [0.5, 0.6) is 0 Å². The lowest BCUT2D eigenvalue weighted by Crippen LogP contribution is -2.35. The molecule has 61 heavy (non-hydrogen) atoms. The van der Waals surface area contributed by atoms with Crippen LogP contribution >= 0.6 is 45.3 Å². The molecule has 318 valence electrons. The number of aryl methyl sites for hydroxylation is 2. The fourth-order valence-electron chi connectivity index (χ4n) is 11.5. The van der Waals surface area contributed by atoms with Gasteiger partial charge >= 0.3 is 0 Å². The number of alkyl halides is 4. The Morgan fingerprint density at radius 1 is 0.459 bits per heavy atom. The molecule has 1 spiro atoms. The van der Waals surface area contributed by atoms with E-state index in [1.54, 1.807) is 22.7 Å². The molecule has 0 radical (unpaired) electrons. The summed E-state index contributed by atoms with van der Waals surface area (Å²) in [4.78, 5) is 70.0. The van der Waals surface area contributed by atoms with E-state index >= 15 is 0 Å². The van der Waals surface area contributed by atoms with E-state index in [9.17, 15) is 36.7 Å². The number of nitrogens with zero attached hydrogens (tertiary/aromatic N) is 2. The summed E-state index contributed by atoms with van der Waals surface area (Å²) in [7, 11) is 0. The summed E-state index contributed by atoms with van der Waals surface area (Å²) in [6.45, 7) is 0. The normalized spacial score (nSPS) is 30.8. The van der Waals surface area contributed by atoms with Crippen molar-refractivity contribution in [1.29, 1.82) is 0 Å². The fraction of sp³-hybridized carbons (Fsp3) is 0.532. The molecular formula is C47H44F4N2O4S4. The zero-order chi connectivity index (χ0) is 41.9. The Hall–Kier alpha value is -3.46. The van der Waals surface area contributed by atoms with Gasteiger partial charge in [0.15, 0.2) is 34.6 Å². The van der Waals surface area contributed by atoms with Gasteiger partial charge in [0.1, 0.15) is 34.7 Å². The van der Waals surface area contributed by atoms with Crippen LogP contribution in [0.15, 0.2) is 34.3 Å². The Morgan fingerprint density at radius 3 is 1.21 bits per heavy atom. The van der Waals surface area contributed by atoms with Crippen LogP contribution in [0.2, 0.25) is 0 Å². The molecule has 0 aromatic carbocycles. The van der Waals surface area contributed by atoms with E-state index in [4.69, 9.17) is 0 Å². The minimum atomic E-state index is -1.74. The topological polar surface area (TPSA) is 93.0 Å². The van der Waals surface area contributed by atoms with Gasteiger partial charge in [0.2, 0.25) is 0 Å². The molecule has 11 rings (SSSR count). The monoisotopic (exact) mass is 904 g/mol. The molecule has 5 fully saturated rings. The Balaban J connectivity index is 0.980. The van der Waals surface area contributed by atoms with Gasteiger partial charge in [-0.3, -0.25) is 19.2 Å². The lowest BCUT2D eigenvalue weighted by atomic mass is 9.68. The van der Waals surface area contributed by atoms with Crippen LogP contribution in [0.1, 0.15) is 112 Å². The molecular weight excluding hydrogens is 861 g/mol. The zero-order valence-corrected chi connectivity index (χ0v) is 36.7. The lowest BCUT2D eigenvalue weighted by Gasteiger charge is -2.34. The highest BCUT2D eigenvalue weighted by Crippen LogP contribution is 2.63. The number of thiophene rings is 4. The molecule has 6 nitrogen and oxygen atoms in total. The van der Waals surface area contributed by atoms with E-state index in [-0.39, 0.29) is 42.5 Å². The summed E-state index contributed by atoms with van der Waals surface area (Å²) >= 11 is 6.56. The van der Waals surface area contributed by atoms with Crippen LogP contribution < -0.4 is 0 Å². The highest BCUT2D eigenvalue weighted by Gasteiger charge is 2.54. The molecule has 7 aliphatic rings. The number of rotatable bonds is 2. The van der Waals surface area contributed by atoms with Gasteiger partial charge in [0, 0.05) is 58.3 Å². The SMILES string of the molecule is O=C1C(=Nc2cc3c(s2)-c2cc4c(s2)-c2sc(cc2C42CCCCC2)-c2sc(N=C4C(=O)C5CC(F)C(F)CC5C4=O)cc2CCCCCCC3)C(=O)C2CC(F)C(F)CC12. The van der Waals surface area contributed by atoms with Crippen molar-refractivity contribution in [2.24, 2.45) is 33.7 Å². The molecule has 0 amide bonds. The average molecular weight is 905 g/mol. The summed E-state index contributed by atoms with van der Waals surface area (Å²) in [5.74, 6) is -5.22. The van der Waals surface area contributed by atoms with Gasteiger partial charge in [-0.15, -0.1) is 45.3 Å². The molecule has 0 N–H and O–H groups in total. The largest absolute Gasteiger partial charge is 0.292 e. The molecule has 4 aromatic rings. The summed E-state index contributed by atoms with van der Waals surface area (Å²) in [5, 5.41) is 1.15. The van der Waals surface area contributed by atoms with Crippen LogP contribution in [0, 0.1) is 23.7 Å². The predicted octanol–water partition coefficient (Wildman–Crippen LogP) is 12.4. The number of aliphatic imine (C=N–C) groups is 2. The third kappa shape index (κ3) is 6.53. The van der Waals surface area contributed by atoms with Crippen LogP contribution in [-0.2, 0) is 37.4 Å². The first-order valence-corrected chi connectivity index (χ1v) is 25.2. The van der Waals surface area contributed by atoms with Crippen LogP contribution in [0.3, 0.4) is 0 Å². The molecule has 1 aliphatic heterocycles. The number of fused-ring (bicyclic) bond motifs is 10. The molecule has 14 heteroatoms. The van der Waals surface area contributed by atoms with Gasteiger partial charge in [-0.05, 0) is 111 Å². The third-order valence-corrected chi connectivity index (χ3v) is 19.7. The quantitative estimate of drug-likeness (QED) is 0.187. The van der Waals surface area contributed by atoms with Crippen molar-refractivity contribution in [2.75, 3.05) is 0 Å². The van der Waals surface area contributed by atoms with E-state index in [1.165, 1.54) is 50.0 Å². The first kappa shape index (κ1) is 40.3. The van der Waals surface area contributed by atoms with Gasteiger partial charge in [-0.2, -0.15) is 0 Å². The van der Waals surface area contributed by atoms with Gasteiger partial charge in [-0.25, -0.2) is 27.5 Å². The summed E-state index contributed by atoms with van der Waals surface area (Å²) < 4.78 is 57.3. The number of hydrogen-bond donors (Lipinski definition) is 0. The second kappa shape index (κ2) is 15.4. The van der Waals surface area contributed by atoms with Crippen molar-refractivity contribution >= 4 is 89.9 Å². The maximum Gasteiger partial charge on any atom is 0.188 e. The van der Waals surface area contributed by atoms with E-state index in [0.717, 1.165) is 101 Å². The minimum absolute atomic E-state index is 0.123. The van der Waals surface area contributed by atoms with Crippen molar-refractivity contribution < 1.29 is 36.7 Å². The highest BCUT2D eigenvalue weighted by molar-refractivity contribution is 7.30. The second-order valence-corrected chi connectivity index (χ2v) is 22.5. The number of carbonyl (C=O) groups excluding carboxylic acids is 4. The van der Waals surface area contributed by atoms with Gasteiger partial charge in [-0.1, -0.05) is 38.5 Å². The van der Waals surface area contributed by atoms with E-state index in [1.807, 2.05) is 12.1 Å². The number of carbonyl (C=O) groups is 4. The maximum absolute atomic E-state index is 14.3. The standard InChI is InChI=1S/C47H44F4N2O4S4/c48-29-15-23-24(16-30(29)49)40(55)37(39(23)54)52-35-13-21-9-5-2-1-3-6-10-22-14-36(53-38-41(56)25-17-31(50)32(51)18-26(25)42(38)57)61-44(22)34-20-28-46(59-34)45-27(19-33(58-45)43(21)60-35)47(28)11-7-4-8-12-47/h13-14,19-20,23-26,29-32H,1-12,15-18H2. The molecule has 4 bridgehead atoms. The summed E-state index contributed by atoms with van der Waals surface area (Å²) in [6.07, 6.45) is 4.03. The molecule has 0 saturated heterocycles. The van der Waals surface area contributed by atoms with Crippen LogP contribution in [0.4, 0.5) is 27.6 Å². The van der Waals surface area contributed by atoms with Crippen molar-refractivity contribution in [3.8, 4) is 29.3 Å². The second-order valence-electron chi connectivity index (χ2n) is 18.3. The number of Topliss-reactive ketones (excluding diaryl/α,β-unsaturated/α-hetero) is 4.